The van der Waals surface area contributed by atoms with Crippen molar-refractivity contribution >= 4 is 40.6 Å². The summed E-state index contributed by atoms with van der Waals surface area (Å²) in [5, 5.41) is 21.6. The Morgan fingerprint density at radius 2 is 1.84 bits per heavy atom. The molecular formula is C25H36N8O5. The van der Waals surface area contributed by atoms with Crippen LogP contribution in [0.15, 0.2) is 35.5 Å². The number of aromatic amines is 1. The average Bonchev–Trinajstić information content (AvgIpc) is 3.56. The monoisotopic (exact) mass is 528 g/mol. The van der Waals surface area contributed by atoms with Crippen molar-refractivity contribution in [3.63, 3.8) is 0 Å². The van der Waals surface area contributed by atoms with Gasteiger partial charge in [-0.3, -0.25) is 19.4 Å². The van der Waals surface area contributed by atoms with Gasteiger partial charge >= 0.3 is 5.97 Å². The van der Waals surface area contributed by atoms with E-state index < -0.39 is 35.9 Å². The summed E-state index contributed by atoms with van der Waals surface area (Å²) in [5.74, 6) is -2.83. The molecule has 0 saturated carbocycles. The number of amides is 3. The van der Waals surface area contributed by atoms with Gasteiger partial charge in [-0.05, 0) is 50.8 Å². The Balaban J connectivity index is 1.67. The molecule has 1 aliphatic rings. The third-order valence-electron chi connectivity index (χ3n) is 6.42. The number of benzene rings is 1. The Bertz CT molecular complexity index is 1170. The molecule has 1 saturated heterocycles. The molecule has 13 heteroatoms. The number of fused-ring (bicyclic) bond motifs is 1. The second kappa shape index (κ2) is 13.4. The molecule has 1 fully saturated rings. The maximum absolute atomic E-state index is 13.2. The minimum Gasteiger partial charge on any atom is -0.480 e. The van der Waals surface area contributed by atoms with Crippen LogP contribution in [0.1, 0.15) is 38.2 Å². The number of guanidine groups is 1. The lowest BCUT2D eigenvalue weighted by molar-refractivity contribution is -0.142. The molecule has 2 heterocycles. The van der Waals surface area contributed by atoms with Crippen molar-refractivity contribution in [1.29, 1.82) is 0 Å². The zero-order chi connectivity index (χ0) is 27.7. The van der Waals surface area contributed by atoms with E-state index in [1.807, 2.05) is 24.3 Å². The van der Waals surface area contributed by atoms with Crippen LogP contribution in [-0.4, -0.2) is 77.0 Å². The highest BCUT2D eigenvalue weighted by Gasteiger charge is 2.30. The number of H-pyrrole nitrogens is 1. The molecule has 13 nitrogen and oxygen atoms in total. The maximum Gasteiger partial charge on any atom is 0.326 e. The van der Waals surface area contributed by atoms with Gasteiger partial charge in [0.1, 0.15) is 18.1 Å². The lowest BCUT2D eigenvalue weighted by Gasteiger charge is -2.23. The van der Waals surface area contributed by atoms with Gasteiger partial charge in [-0.25, -0.2) is 4.79 Å². The number of hydrogen-bond acceptors (Lipinski definition) is 6. The number of carboxylic acids is 1. The first-order valence-corrected chi connectivity index (χ1v) is 12.6. The Morgan fingerprint density at radius 1 is 1.11 bits per heavy atom. The summed E-state index contributed by atoms with van der Waals surface area (Å²) in [5.41, 5.74) is 12.3. The predicted octanol–water partition coefficient (Wildman–Crippen LogP) is -0.925. The molecule has 0 aliphatic carbocycles. The van der Waals surface area contributed by atoms with Gasteiger partial charge in [0.25, 0.3) is 0 Å². The number of para-hydroxylation sites is 1. The normalized spacial score (nSPS) is 17.2. The predicted molar refractivity (Wildman–Crippen MR) is 142 cm³/mol. The first kappa shape index (κ1) is 28.4. The molecule has 4 unspecified atom stereocenters. The largest absolute Gasteiger partial charge is 0.480 e. The first-order chi connectivity index (χ1) is 18.2. The minimum absolute atomic E-state index is 0.0423. The topological polar surface area (TPSA) is 217 Å². The van der Waals surface area contributed by atoms with Gasteiger partial charge in [0.2, 0.25) is 17.7 Å². The number of aromatic nitrogens is 1. The molecule has 0 spiro atoms. The van der Waals surface area contributed by atoms with E-state index in [-0.39, 0.29) is 37.3 Å². The molecule has 3 rings (SSSR count). The van der Waals surface area contributed by atoms with Crippen molar-refractivity contribution < 1.29 is 24.3 Å². The first-order valence-electron chi connectivity index (χ1n) is 12.6. The molecule has 4 atom stereocenters. The lowest BCUT2D eigenvalue weighted by atomic mass is 10.0. The number of rotatable bonds is 13. The second-order valence-corrected chi connectivity index (χ2v) is 9.35. The number of nitrogens with two attached hydrogens (primary N) is 2. The van der Waals surface area contributed by atoms with Crippen molar-refractivity contribution in [2.24, 2.45) is 16.5 Å². The third-order valence-corrected chi connectivity index (χ3v) is 6.42. The van der Waals surface area contributed by atoms with Gasteiger partial charge in [0.05, 0.1) is 6.04 Å². The minimum atomic E-state index is -1.23. The quantitative estimate of drug-likeness (QED) is 0.0921. The van der Waals surface area contributed by atoms with Crippen molar-refractivity contribution in [1.82, 2.24) is 26.3 Å². The SMILES string of the molecule is CC(NC(=O)C1CCCN1)C(=O)NC(CCCN=C(N)N)C(=O)NC(Cc1c[nH]c2ccccc12)C(=O)O. The number of aliphatic carboxylic acids is 1. The smallest absolute Gasteiger partial charge is 0.326 e. The van der Waals surface area contributed by atoms with Crippen LogP contribution in [0.3, 0.4) is 0 Å². The van der Waals surface area contributed by atoms with E-state index in [2.05, 4.69) is 31.2 Å². The number of carbonyl (C=O) groups is 4. The molecule has 1 aromatic carbocycles. The molecule has 1 aliphatic heterocycles. The highest BCUT2D eigenvalue weighted by molar-refractivity contribution is 5.94. The molecule has 3 amide bonds. The molecule has 10 N–H and O–H groups in total. The lowest BCUT2D eigenvalue weighted by Crippen LogP contribution is -2.56. The highest BCUT2D eigenvalue weighted by atomic mass is 16.4. The summed E-state index contributed by atoms with van der Waals surface area (Å²) >= 11 is 0. The Labute approximate surface area is 220 Å². The molecule has 38 heavy (non-hydrogen) atoms. The standard InChI is InChI=1S/C25H36N8O5/c1-14(31-22(35)18-8-4-10-28-18)21(34)32-19(9-5-11-29-25(26)27)23(36)33-20(24(37)38)12-15-13-30-17-7-3-2-6-16(15)17/h2-3,6-7,13-14,18-20,28,30H,4-5,8-12H2,1H3,(H,31,35)(H,32,34)(H,33,36)(H,37,38)(H4,26,27,29). The summed E-state index contributed by atoms with van der Waals surface area (Å²) in [7, 11) is 0. The fraction of sp³-hybridized carbons (Fsp3) is 0.480. The zero-order valence-electron chi connectivity index (χ0n) is 21.3. The van der Waals surface area contributed by atoms with E-state index in [0.29, 0.717) is 12.8 Å². The summed E-state index contributed by atoms with van der Waals surface area (Å²) in [6.45, 7) is 2.48. The van der Waals surface area contributed by atoms with Gasteiger partial charge in [-0.15, -0.1) is 0 Å². The number of aliphatic imine (C=N–C) groups is 1. The van der Waals surface area contributed by atoms with E-state index >= 15 is 0 Å². The van der Waals surface area contributed by atoms with Crippen molar-refractivity contribution in [2.45, 2.75) is 63.2 Å². The zero-order valence-corrected chi connectivity index (χ0v) is 21.3. The summed E-state index contributed by atoms with van der Waals surface area (Å²) in [4.78, 5) is 57.4. The fourth-order valence-corrected chi connectivity index (χ4v) is 4.35. The van der Waals surface area contributed by atoms with Crippen LogP contribution in [0.25, 0.3) is 10.9 Å². The molecule has 0 bridgehead atoms. The molecular weight excluding hydrogens is 492 g/mol. The Hall–Kier alpha value is -4.13. The summed E-state index contributed by atoms with van der Waals surface area (Å²) < 4.78 is 0. The fourth-order valence-electron chi connectivity index (χ4n) is 4.35. The van der Waals surface area contributed by atoms with Gasteiger partial charge in [-0.2, -0.15) is 0 Å². The van der Waals surface area contributed by atoms with E-state index in [1.165, 1.54) is 6.92 Å². The Kier molecular flexibility index (Phi) is 10.0. The molecule has 2 aromatic rings. The van der Waals surface area contributed by atoms with Crippen LogP contribution in [0.5, 0.6) is 0 Å². The number of carboxylic acid groups (broad SMARTS) is 1. The van der Waals surface area contributed by atoms with Gasteiger partial charge in [0, 0.05) is 30.1 Å². The third kappa shape index (κ3) is 7.93. The van der Waals surface area contributed by atoms with Gasteiger partial charge in [0.15, 0.2) is 5.96 Å². The van der Waals surface area contributed by atoms with E-state index in [4.69, 9.17) is 11.5 Å². The second-order valence-electron chi connectivity index (χ2n) is 9.35. The maximum atomic E-state index is 13.2. The van der Waals surface area contributed by atoms with Crippen LogP contribution >= 0.6 is 0 Å². The highest BCUT2D eigenvalue weighted by Crippen LogP contribution is 2.19. The average molecular weight is 529 g/mol. The van der Waals surface area contributed by atoms with Crippen LogP contribution < -0.4 is 32.7 Å². The van der Waals surface area contributed by atoms with E-state index in [1.54, 1.807) is 6.20 Å². The number of carbonyl (C=O) groups excluding carboxylic acids is 3. The Morgan fingerprint density at radius 3 is 2.53 bits per heavy atom. The number of hydrogen-bond donors (Lipinski definition) is 8. The van der Waals surface area contributed by atoms with E-state index in [9.17, 15) is 24.3 Å². The van der Waals surface area contributed by atoms with Crippen LogP contribution in [0.2, 0.25) is 0 Å². The van der Waals surface area contributed by atoms with Gasteiger partial charge in [-0.1, -0.05) is 18.2 Å². The van der Waals surface area contributed by atoms with Gasteiger partial charge < -0.3 is 42.8 Å². The van der Waals surface area contributed by atoms with Crippen LogP contribution in [-0.2, 0) is 25.6 Å². The van der Waals surface area contributed by atoms with Crippen molar-refractivity contribution in [3.05, 3.63) is 36.0 Å². The number of nitrogens with one attached hydrogen (secondary N) is 5. The van der Waals surface area contributed by atoms with Crippen LogP contribution in [0, 0.1) is 0 Å². The molecule has 0 radical (unpaired) electrons. The molecule has 1 aromatic heterocycles. The summed E-state index contributed by atoms with van der Waals surface area (Å²) in [6.07, 6.45) is 3.82. The number of nitrogens with zero attached hydrogens (tertiary/aromatic N) is 1. The van der Waals surface area contributed by atoms with Crippen molar-refractivity contribution in [3.8, 4) is 0 Å². The van der Waals surface area contributed by atoms with E-state index in [0.717, 1.165) is 29.4 Å². The van der Waals surface area contributed by atoms with Crippen LogP contribution in [0.4, 0.5) is 0 Å². The summed E-state index contributed by atoms with van der Waals surface area (Å²) in [6, 6.07) is 3.89. The van der Waals surface area contributed by atoms with Crippen molar-refractivity contribution in [2.75, 3.05) is 13.1 Å². The molecule has 206 valence electrons.